The third-order valence-electron chi connectivity index (χ3n) is 3.47. The monoisotopic (exact) mass is 185 g/mol. The third kappa shape index (κ3) is 1.14. The molecule has 2 aliphatic rings. The highest BCUT2D eigenvalue weighted by atomic mass is 19.1. The van der Waals surface area contributed by atoms with E-state index in [1.165, 1.54) is 0 Å². The van der Waals surface area contributed by atoms with Crippen molar-refractivity contribution < 1.29 is 9.50 Å². The van der Waals surface area contributed by atoms with Crippen molar-refractivity contribution in [2.24, 2.45) is 0 Å². The number of hydrogen-bond donors (Lipinski definition) is 1. The molecule has 0 aromatic rings. The van der Waals surface area contributed by atoms with Crippen LogP contribution in [-0.4, -0.2) is 40.9 Å². The van der Waals surface area contributed by atoms with Crippen molar-refractivity contribution in [3.05, 3.63) is 12.2 Å². The molecule has 2 nitrogen and oxygen atoms in total. The first kappa shape index (κ1) is 9.16. The average molecular weight is 185 g/mol. The Bertz CT molecular complexity index is 243. The quantitative estimate of drug-likeness (QED) is 0.619. The Balaban J connectivity index is 2.27. The molecule has 0 amide bonds. The van der Waals surface area contributed by atoms with E-state index in [2.05, 4.69) is 11.5 Å². The van der Waals surface area contributed by atoms with E-state index in [1.807, 2.05) is 6.92 Å². The molecule has 2 fully saturated rings. The van der Waals surface area contributed by atoms with E-state index in [1.54, 1.807) is 0 Å². The van der Waals surface area contributed by atoms with Gasteiger partial charge in [-0.05, 0) is 13.3 Å². The van der Waals surface area contributed by atoms with Crippen LogP contribution >= 0.6 is 0 Å². The maximum atomic E-state index is 13.4. The van der Waals surface area contributed by atoms with E-state index < -0.39 is 6.17 Å². The lowest BCUT2D eigenvalue weighted by atomic mass is 9.93. The van der Waals surface area contributed by atoms with E-state index in [9.17, 15) is 9.50 Å². The highest BCUT2D eigenvalue weighted by Crippen LogP contribution is 2.44. The Morgan fingerprint density at radius 2 is 2.46 bits per heavy atom. The predicted molar refractivity (Wildman–Crippen MR) is 49.3 cm³/mol. The number of aliphatic hydroxyl groups excluding tert-OH is 1. The summed E-state index contributed by atoms with van der Waals surface area (Å²) >= 11 is 0. The van der Waals surface area contributed by atoms with E-state index in [0.29, 0.717) is 6.42 Å². The molecule has 0 bridgehead atoms. The van der Waals surface area contributed by atoms with Crippen LogP contribution in [0.4, 0.5) is 4.39 Å². The van der Waals surface area contributed by atoms with Crippen LogP contribution < -0.4 is 0 Å². The van der Waals surface area contributed by atoms with Gasteiger partial charge in [0.05, 0.1) is 12.1 Å². The zero-order chi connectivity index (χ0) is 9.64. The Morgan fingerprint density at radius 3 is 3.00 bits per heavy atom. The van der Waals surface area contributed by atoms with Crippen molar-refractivity contribution in [1.29, 1.82) is 0 Å². The van der Waals surface area contributed by atoms with E-state index in [-0.39, 0.29) is 18.2 Å². The largest absolute Gasteiger partial charge is 0.394 e. The first-order chi connectivity index (χ1) is 6.09. The molecule has 0 radical (unpaired) electrons. The maximum absolute atomic E-state index is 13.4. The fourth-order valence-electron chi connectivity index (χ4n) is 2.74. The van der Waals surface area contributed by atoms with Gasteiger partial charge >= 0.3 is 0 Å². The highest BCUT2D eigenvalue weighted by Gasteiger charge is 2.53. The van der Waals surface area contributed by atoms with Crippen molar-refractivity contribution in [3.63, 3.8) is 0 Å². The van der Waals surface area contributed by atoms with Gasteiger partial charge in [0.1, 0.15) is 6.17 Å². The van der Waals surface area contributed by atoms with Gasteiger partial charge in [0.25, 0.3) is 0 Å². The normalized spacial score (nSPS) is 45.6. The predicted octanol–water partition coefficient (Wildman–Crippen LogP) is 1.11. The van der Waals surface area contributed by atoms with Crippen LogP contribution in [0.3, 0.4) is 0 Å². The van der Waals surface area contributed by atoms with Crippen molar-refractivity contribution in [1.82, 2.24) is 4.90 Å². The molecule has 0 aromatic carbocycles. The van der Waals surface area contributed by atoms with Crippen LogP contribution in [-0.2, 0) is 0 Å². The summed E-state index contributed by atoms with van der Waals surface area (Å²) in [6, 6.07) is -0.0635. The van der Waals surface area contributed by atoms with Gasteiger partial charge in [-0.2, -0.15) is 0 Å². The number of aliphatic hydroxyl groups is 1. The van der Waals surface area contributed by atoms with Gasteiger partial charge in [-0.25, -0.2) is 4.39 Å². The minimum Gasteiger partial charge on any atom is -0.394 e. The molecule has 2 heterocycles. The molecule has 2 saturated heterocycles. The zero-order valence-corrected chi connectivity index (χ0v) is 7.96. The van der Waals surface area contributed by atoms with Crippen molar-refractivity contribution in [3.8, 4) is 0 Å². The fourth-order valence-corrected chi connectivity index (χ4v) is 2.74. The van der Waals surface area contributed by atoms with E-state index >= 15 is 0 Å². The first-order valence-electron chi connectivity index (χ1n) is 4.77. The molecule has 0 spiro atoms. The van der Waals surface area contributed by atoms with Crippen LogP contribution in [0, 0.1) is 0 Å². The summed E-state index contributed by atoms with van der Waals surface area (Å²) in [6.07, 6.45) is 0.429. The van der Waals surface area contributed by atoms with Crippen molar-refractivity contribution in [2.45, 2.75) is 37.5 Å². The van der Waals surface area contributed by atoms with Crippen LogP contribution in [0.1, 0.15) is 19.8 Å². The molecule has 3 heteroatoms. The minimum absolute atomic E-state index is 0.0524. The van der Waals surface area contributed by atoms with Crippen LogP contribution in [0.5, 0.6) is 0 Å². The summed E-state index contributed by atoms with van der Waals surface area (Å²) in [5.41, 5.74) is 0.795. The fraction of sp³-hybridized carbons (Fsp3) is 0.800. The van der Waals surface area contributed by atoms with Gasteiger partial charge in [-0.3, -0.25) is 4.90 Å². The molecule has 0 aliphatic carbocycles. The third-order valence-corrected chi connectivity index (χ3v) is 3.47. The molecular formula is C10H16FNO. The second-order valence-corrected chi connectivity index (χ2v) is 4.40. The molecule has 0 aromatic heterocycles. The Hall–Kier alpha value is -0.410. The zero-order valence-electron chi connectivity index (χ0n) is 7.96. The van der Waals surface area contributed by atoms with Gasteiger partial charge in [0.2, 0.25) is 0 Å². The summed E-state index contributed by atoms with van der Waals surface area (Å²) in [6.45, 7) is 6.61. The summed E-state index contributed by atoms with van der Waals surface area (Å²) in [7, 11) is 0. The molecule has 74 valence electrons. The number of fused-ring (bicyclic) bond motifs is 1. The number of nitrogens with zero attached hydrogens (tertiary/aromatic N) is 1. The van der Waals surface area contributed by atoms with E-state index in [0.717, 1.165) is 18.5 Å². The second-order valence-electron chi connectivity index (χ2n) is 4.40. The lowest BCUT2D eigenvalue weighted by Crippen LogP contribution is -2.44. The number of alkyl halides is 1. The topological polar surface area (TPSA) is 23.5 Å². The summed E-state index contributed by atoms with van der Waals surface area (Å²) in [5, 5.41) is 9.33. The highest BCUT2D eigenvalue weighted by molar-refractivity contribution is 5.20. The molecule has 1 unspecified atom stereocenters. The van der Waals surface area contributed by atoms with Gasteiger partial charge in [0, 0.05) is 19.0 Å². The Morgan fingerprint density at radius 1 is 1.77 bits per heavy atom. The van der Waals surface area contributed by atoms with Crippen molar-refractivity contribution >= 4 is 0 Å². The standard InChI is InChI=1S/C10H16FNO/c1-7-3-10(6-13)4-9(11)8(2)12(10)5-7/h8-9,13H,1,3-6H2,2H3/t8-,9?,10-/m1/s1. The minimum atomic E-state index is -0.791. The summed E-state index contributed by atoms with van der Waals surface area (Å²) in [4.78, 5) is 2.07. The molecule has 3 atom stereocenters. The second kappa shape index (κ2) is 2.79. The summed E-state index contributed by atoms with van der Waals surface area (Å²) in [5.74, 6) is 0. The van der Waals surface area contributed by atoms with Gasteiger partial charge in [0.15, 0.2) is 0 Å². The van der Waals surface area contributed by atoms with Gasteiger partial charge in [-0.1, -0.05) is 12.2 Å². The van der Waals surface area contributed by atoms with Gasteiger partial charge < -0.3 is 5.11 Å². The first-order valence-corrected chi connectivity index (χ1v) is 4.77. The number of rotatable bonds is 1. The molecule has 13 heavy (non-hydrogen) atoms. The lowest BCUT2D eigenvalue weighted by molar-refractivity contribution is 0.0810. The van der Waals surface area contributed by atoms with E-state index in [4.69, 9.17) is 0 Å². The molecule has 2 aliphatic heterocycles. The van der Waals surface area contributed by atoms with Gasteiger partial charge in [-0.15, -0.1) is 0 Å². The van der Waals surface area contributed by atoms with Crippen LogP contribution in [0.15, 0.2) is 12.2 Å². The average Bonchev–Trinajstić information content (AvgIpc) is 2.51. The summed E-state index contributed by atoms with van der Waals surface area (Å²) < 4.78 is 13.4. The Kier molecular flexibility index (Phi) is 1.96. The molecule has 0 saturated carbocycles. The lowest BCUT2D eigenvalue weighted by Gasteiger charge is -2.30. The number of halogens is 1. The number of hydrogen-bond acceptors (Lipinski definition) is 2. The Labute approximate surface area is 78.0 Å². The molecular weight excluding hydrogens is 169 g/mol. The molecule has 2 rings (SSSR count). The maximum Gasteiger partial charge on any atom is 0.117 e. The van der Waals surface area contributed by atoms with Crippen molar-refractivity contribution in [2.75, 3.05) is 13.2 Å². The smallest absolute Gasteiger partial charge is 0.117 e. The van der Waals surface area contributed by atoms with Crippen LogP contribution in [0.25, 0.3) is 0 Å². The molecule has 1 N–H and O–H groups in total. The van der Waals surface area contributed by atoms with Crippen LogP contribution in [0.2, 0.25) is 0 Å². The SMILES string of the molecule is C=C1CN2[C@H](C)C(F)C[C@@]2(CO)C1.